The second kappa shape index (κ2) is 7.31. The van der Waals surface area contributed by atoms with E-state index in [1.54, 1.807) is 6.92 Å². The molecule has 7 heteroatoms. The van der Waals surface area contributed by atoms with Gasteiger partial charge >= 0.3 is 0 Å². The Morgan fingerprint density at radius 2 is 1.92 bits per heavy atom. The molecule has 25 heavy (non-hydrogen) atoms. The van der Waals surface area contributed by atoms with E-state index < -0.39 is 11.6 Å². The monoisotopic (exact) mass is 348 g/mol. The normalized spacial score (nSPS) is 16.2. The summed E-state index contributed by atoms with van der Waals surface area (Å²) in [6.07, 6.45) is 3.56. The minimum absolute atomic E-state index is 0.190. The number of halogens is 2. The SMILES string of the molecule is Cc1cn(-c2c(F)cccc2F)nc1C(=O)NCC1CCN(C)CC1. The van der Waals surface area contributed by atoms with Crippen LogP contribution in [0.3, 0.4) is 0 Å². The van der Waals surface area contributed by atoms with Crippen LogP contribution in [-0.2, 0) is 0 Å². The van der Waals surface area contributed by atoms with Gasteiger partial charge in [-0.3, -0.25) is 4.79 Å². The minimum Gasteiger partial charge on any atom is -0.350 e. The van der Waals surface area contributed by atoms with Gasteiger partial charge in [0, 0.05) is 18.3 Å². The number of hydrogen-bond acceptors (Lipinski definition) is 3. The Morgan fingerprint density at radius 3 is 2.56 bits per heavy atom. The van der Waals surface area contributed by atoms with Crippen LogP contribution in [0.1, 0.15) is 28.9 Å². The average Bonchev–Trinajstić information content (AvgIpc) is 2.95. The van der Waals surface area contributed by atoms with E-state index in [-0.39, 0.29) is 17.3 Å². The van der Waals surface area contributed by atoms with Crippen molar-refractivity contribution in [3.63, 3.8) is 0 Å². The summed E-state index contributed by atoms with van der Waals surface area (Å²) in [4.78, 5) is 14.7. The third kappa shape index (κ3) is 3.87. The van der Waals surface area contributed by atoms with Crippen LogP contribution in [-0.4, -0.2) is 47.3 Å². The number of benzene rings is 1. The average molecular weight is 348 g/mol. The number of amides is 1. The highest BCUT2D eigenvalue weighted by Gasteiger charge is 2.21. The Bertz CT molecular complexity index is 746. The third-order valence-electron chi connectivity index (χ3n) is 4.67. The first kappa shape index (κ1) is 17.5. The predicted octanol–water partition coefficient (Wildman–Crippen LogP) is 2.53. The van der Waals surface area contributed by atoms with Crippen molar-refractivity contribution in [2.45, 2.75) is 19.8 Å². The molecule has 1 aliphatic heterocycles. The van der Waals surface area contributed by atoms with Gasteiger partial charge in [0.05, 0.1) is 0 Å². The Balaban J connectivity index is 1.71. The molecule has 3 rings (SSSR count). The molecule has 1 aromatic heterocycles. The number of aromatic nitrogens is 2. The highest BCUT2D eigenvalue weighted by molar-refractivity contribution is 5.93. The molecule has 1 aromatic carbocycles. The number of nitrogens with zero attached hydrogens (tertiary/aromatic N) is 3. The minimum atomic E-state index is -0.721. The molecule has 0 saturated carbocycles. The van der Waals surface area contributed by atoms with Gasteiger partial charge in [0.2, 0.25) is 0 Å². The highest BCUT2D eigenvalue weighted by Crippen LogP contribution is 2.19. The lowest BCUT2D eigenvalue weighted by Crippen LogP contribution is -2.37. The van der Waals surface area contributed by atoms with Gasteiger partial charge in [-0.05, 0) is 58.0 Å². The number of hydrogen-bond donors (Lipinski definition) is 1. The van der Waals surface area contributed by atoms with Crippen molar-refractivity contribution < 1.29 is 13.6 Å². The molecule has 0 aliphatic carbocycles. The summed E-state index contributed by atoms with van der Waals surface area (Å²) in [5, 5.41) is 6.99. The van der Waals surface area contributed by atoms with Gasteiger partial charge in [0.1, 0.15) is 5.69 Å². The number of nitrogens with one attached hydrogen (secondary N) is 1. The molecule has 0 bridgehead atoms. The summed E-state index contributed by atoms with van der Waals surface area (Å²) in [6, 6.07) is 3.62. The summed E-state index contributed by atoms with van der Waals surface area (Å²) in [5.41, 5.74) is 0.485. The Kier molecular flexibility index (Phi) is 5.13. The first-order chi connectivity index (χ1) is 12.0. The lowest BCUT2D eigenvalue weighted by molar-refractivity contribution is 0.0933. The predicted molar refractivity (Wildman–Crippen MR) is 90.8 cm³/mol. The van der Waals surface area contributed by atoms with Crippen molar-refractivity contribution in [1.29, 1.82) is 0 Å². The first-order valence-corrected chi connectivity index (χ1v) is 8.43. The summed E-state index contributed by atoms with van der Waals surface area (Å²) in [7, 11) is 2.09. The Morgan fingerprint density at radius 1 is 1.28 bits per heavy atom. The van der Waals surface area contributed by atoms with E-state index in [0.29, 0.717) is 18.0 Å². The van der Waals surface area contributed by atoms with Crippen molar-refractivity contribution in [2.24, 2.45) is 5.92 Å². The fraction of sp³-hybridized carbons (Fsp3) is 0.444. The molecule has 0 atom stereocenters. The quantitative estimate of drug-likeness (QED) is 0.924. The van der Waals surface area contributed by atoms with Gasteiger partial charge in [-0.25, -0.2) is 13.5 Å². The Labute approximate surface area is 145 Å². The van der Waals surface area contributed by atoms with E-state index in [0.717, 1.165) is 42.7 Å². The van der Waals surface area contributed by atoms with Gasteiger partial charge in [0.25, 0.3) is 5.91 Å². The molecule has 5 nitrogen and oxygen atoms in total. The molecule has 1 aliphatic rings. The van der Waals surface area contributed by atoms with E-state index in [9.17, 15) is 13.6 Å². The summed E-state index contributed by atoms with van der Waals surface area (Å²) in [6.45, 7) is 4.35. The zero-order valence-corrected chi connectivity index (χ0v) is 14.4. The van der Waals surface area contributed by atoms with Crippen LogP contribution in [0.15, 0.2) is 24.4 Å². The van der Waals surface area contributed by atoms with Gasteiger partial charge in [0.15, 0.2) is 17.3 Å². The van der Waals surface area contributed by atoms with E-state index in [1.807, 2.05) is 0 Å². The van der Waals surface area contributed by atoms with Crippen molar-refractivity contribution in [3.8, 4) is 5.69 Å². The fourth-order valence-corrected chi connectivity index (χ4v) is 3.09. The van der Waals surface area contributed by atoms with Crippen LogP contribution in [0.4, 0.5) is 8.78 Å². The summed E-state index contributed by atoms with van der Waals surface area (Å²) >= 11 is 0. The number of rotatable bonds is 4. The molecule has 1 fully saturated rings. The van der Waals surface area contributed by atoms with Gasteiger partial charge in [-0.1, -0.05) is 6.07 Å². The van der Waals surface area contributed by atoms with Crippen LogP contribution in [0.5, 0.6) is 0 Å². The number of carbonyl (C=O) groups is 1. The van der Waals surface area contributed by atoms with Gasteiger partial charge in [-0.15, -0.1) is 0 Å². The smallest absolute Gasteiger partial charge is 0.272 e. The number of likely N-dealkylation sites (tertiary alicyclic amines) is 1. The third-order valence-corrected chi connectivity index (χ3v) is 4.67. The lowest BCUT2D eigenvalue weighted by Gasteiger charge is -2.28. The maximum Gasteiger partial charge on any atom is 0.272 e. The van der Waals surface area contributed by atoms with Gasteiger partial charge in [-0.2, -0.15) is 5.10 Å². The molecule has 134 valence electrons. The molecule has 2 aromatic rings. The second-order valence-electron chi connectivity index (χ2n) is 6.63. The maximum atomic E-state index is 13.9. The first-order valence-electron chi connectivity index (χ1n) is 8.43. The van der Waals surface area contributed by atoms with Crippen LogP contribution < -0.4 is 5.32 Å². The van der Waals surface area contributed by atoms with Crippen LogP contribution in [0.2, 0.25) is 0 Å². The van der Waals surface area contributed by atoms with E-state index in [4.69, 9.17) is 0 Å². The molecule has 0 radical (unpaired) electrons. The van der Waals surface area contributed by atoms with Crippen molar-refractivity contribution >= 4 is 5.91 Å². The molecule has 1 N–H and O–H groups in total. The largest absolute Gasteiger partial charge is 0.350 e. The molecule has 2 heterocycles. The fourth-order valence-electron chi connectivity index (χ4n) is 3.09. The number of carbonyl (C=O) groups excluding carboxylic acids is 1. The standard InChI is InChI=1S/C18H22F2N4O/c1-12-11-24(17-14(19)4-3-5-15(17)20)22-16(12)18(25)21-10-13-6-8-23(2)9-7-13/h3-5,11,13H,6-10H2,1-2H3,(H,21,25). The second-order valence-corrected chi connectivity index (χ2v) is 6.63. The van der Waals surface area contributed by atoms with Crippen molar-refractivity contribution in [3.05, 3.63) is 47.3 Å². The van der Waals surface area contributed by atoms with Crippen LogP contribution in [0.25, 0.3) is 5.69 Å². The zero-order chi connectivity index (χ0) is 18.0. The van der Waals surface area contributed by atoms with Crippen molar-refractivity contribution in [1.82, 2.24) is 20.0 Å². The van der Waals surface area contributed by atoms with E-state index in [2.05, 4.69) is 22.4 Å². The zero-order valence-electron chi connectivity index (χ0n) is 14.4. The highest BCUT2D eigenvalue weighted by atomic mass is 19.1. The molecule has 1 saturated heterocycles. The molecular weight excluding hydrogens is 326 g/mol. The van der Waals surface area contributed by atoms with Crippen LogP contribution >= 0.6 is 0 Å². The van der Waals surface area contributed by atoms with Crippen molar-refractivity contribution in [2.75, 3.05) is 26.7 Å². The topological polar surface area (TPSA) is 50.2 Å². The molecular formula is C18H22F2N4O. The van der Waals surface area contributed by atoms with E-state index in [1.165, 1.54) is 12.3 Å². The molecule has 0 spiro atoms. The maximum absolute atomic E-state index is 13.9. The van der Waals surface area contributed by atoms with Crippen LogP contribution in [0, 0.1) is 24.5 Å². The number of aryl methyl sites for hydroxylation is 1. The lowest BCUT2D eigenvalue weighted by atomic mass is 9.97. The van der Waals surface area contributed by atoms with Gasteiger partial charge < -0.3 is 10.2 Å². The number of piperidine rings is 1. The van der Waals surface area contributed by atoms with E-state index >= 15 is 0 Å². The molecule has 1 amide bonds. The summed E-state index contributed by atoms with van der Waals surface area (Å²) < 4.78 is 28.9. The Hall–Kier alpha value is -2.28. The number of para-hydroxylation sites is 1. The summed E-state index contributed by atoms with van der Waals surface area (Å²) in [5.74, 6) is -1.31. The molecule has 0 unspecified atom stereocenters.